The molecule has 102 valence electrons. The maximum atomic E-state index is 12.2. The van der Waals surface area contributed by atoms with Crippen molar-refractivity contribution >= 4 is 18.0 Å². The van der Waals surface area contributed by atoms with Crippen molar-refractivity contribution in [3.05, 3.63) is 46.9 Å². The molecule has 1 atom stereocenters. The van der Waals surface area contributed by atoms with Crippen LogP contribution in [0.15, 0.2) is 41.2 Å². The van der Waals surface area contributed by atoms with Gasteiger partial charge in [-0.15, -0.1) is 0 Å². The number of aromatic nitrogens is 1. The fraction of sp³-hybridized carbons (Fsp3) is 0.267. The van der Waals surface area contributed by atoms with E-state index in [1.54, 1.807) is 19.2 Å². The van der Waals surface area contributed by atoms with E-state index in [4.69, 9.17) is 0 Å². The van der Waals surface area contributed by atoms with E-state index >= 15 is 0 Å². The molecule has 2 aliphatic rings. The van der Waals surface area contributed by atoms with Gasteiger partial charge >= 0.3 is 5.97 Å². The number of allylic oxidation sites excluding steroid dienone is 1. The number of β-lactam (4-membered cyclic amide) rings is 1. The summed E-state index contributed by atoms with van der Waals surface area (Å²) in [5, 5.41) is 9.24. The summed E-state index contributed by atoms with van der Waals surface area (Å²) in [6, 6.07) is 5.37. The zero-order valence-corrected chi connectivity index (χ0v) is 11.0. The monoisotopic (exact) mass is 270 g/mol. The summed E-state index contributed by atoms with van der Waals surface area (Å²) in [5.74, 6) is -1.26. The molecule has 0 aliphatic carbocycles. The predicted molar refractivity (Wildman–Crippen MR) is 72.4 cm³/mol. The van der Waals surface area contributed by atoms with E-state index in [2.05, 4.69) is 4.98 Å². The number of carboxylic acid groups (broad SMARTS) is 1. The molecule has 0 aromatic carbocycles. The van der Waals surface area contributed by atoms with Crippen LogP contribution in [0.5, 0.6) is 0 Å². The van der Waals surface area contributed by atoms with Gasteiger partial charge in [0.1, 0.15) is 5.70 Å². The van der Waals surface area contributed by atoms with Crippen molar-refractivity contribution in [2.75, 3.05) is 0 Å². The number of hydrogen-bond donors (Lipinski definition) is 1. The third-order valence-electron chi connectivity index (χ3n) is 3.77. The average Bonchev–Trinajstić information content (AvgIpc) is 2.45. The van der Waals surface area contributed by atoms with Crippen LogP contribution in [0.2, 0.25) is 0 Å². The highest BCUT2D eigenvalue weighted by Gasteiger charge is 2.48. The van der Waals surface area contributed by atoms with Crippen molar-refractivity contribution < 1.29 is 14.7 Å². The fourth-order valence-electron chi connectivity index (χ4n) is 2.78. The Morgan fingerprint density at radius 3 is 2.95 bits per heavy atom. The molecular formula is C15H14N2O3. The first kappa shape index (κ1) is 12.6. The Kier molecular flexibility index (Phi) is 2.89. The molecule has 3 heterocycles. The highest BCUT2D eigenvalue weighted by molar-refractivity contribution is 6.10. The normalized spacial score (nSPS) is 23.6. The molecule has 0 radical (unpaired) electrons. The van der Waals surface area contributed by atoms with Gasteiger partial charge in [-0.2, -0.15) is 0 Å². The van der Waals surface area contributed by atoms with E-state index in [1.807, 2.05) is 18.2 Å². The highest BCUT2D eigenvalue weighted by atomic mass is 16.4. The summed E-state index contributed by atoms with van der Waals surface area (Å²) in [6.07, 6.45) is 4.90. The minimum atomic E-state index is -1.03. The summed E-state index contributed by atoms with van der Waals surface area (Å²) in [5.41, 5.74) is 2.28. The topological polar surface area (TPSA) is 70.5 Å². The lowest BCUT2D eigenvalue weighted by Gasteiger charge is -2.46. The molecule has 20 heavy (non-hydrogen) atoms. The van der Waals surface area contributed by atoms with Gasteiger partial charge in [-0.3, -0.25) is 14.7 Å². The van der Waals surface area contributed by atoms with Crippen LogP contribution in [0, 0.1) is 0 Å². The van der Waals surface area contributed by atoms with Crippen molar-refractivity contribution in [3.8, 4) is 0 Å². The molecule has 0 spiro atoms. The molecule has 1 amide bonds. The quantitative estimate of drug-likeness (QED) is 0.657. The number of pyridine rings is 1. The molecular weight excluding hydrogens is 256 g/mol. The minimum absolute atomic E-state index is 0.126. The Labute approximate surface area is 116 Å². The molecule has 1 saturated heterocycles. The Morgan fingerprint density at radius 2 is 2.30 bits per heavy atom. The molecule has 1 aromatic heterocycles. The summed E-state index contributed by atoms with van der Waals surface area (Å²) < 4.78 is 0. The summed E-state index contributed by atoms with van der Waals surface area (Å²) in [6.45, 7) is 1.77. The third kappa shape index (κ3) is 1.82. The molecule has 5 nitrogen and oxygen atoms in total. The number of fused-ring (bicyclic) bond motifs is 1. The van der Waals surface area contributed by atoms with E-state index in [0.29, 0.717) is 12.0 Å². The van der Waals surface area contributed by atoms with E-state index in [1.165, 1.54) is 4.90 Å². The fourth-order valence-corrected chi connectivity index (χ4v) is 2.78. The number of carbonyl (C=O) groups is 2. The largest absolute Gasteiger partial charge is 0.477 e. The van der Waals surface area contributed by atoms with Crippen LogP contribution >= 0.6 is 0 Å². The first-order valence-electron chi connectivity index (χ1n) is 6.49. The predicted octanol–water partition coefficient (Wildman–Crippen LogP) is 1.83. The third-order valence-corrected chi connectivity index (χ3v) is 3.77. The van der Waals surface area contributed by atoms with Gasteiger partial charge in [-0.05, 0) is 43.5 Å². The lowest BCUT2D eigenvalue weighted by atomic mass is 9.83. The standard InChI is InChI=1S/C15H14N2O3/c1-9-5-6-12-11(8-10-4-2-3-7-16-10)14(18)17(12)13(9)15(19)20/h2-4,7-8,12H,5-6H2,1H3,(H,19,20)/b11-8+. The lowest BCUT2D eigenvalue weighted by Crippen LogP contribution is -2.57. The number of carbonyl (C=O) groups excluding carboxylic acids is 1. The van der Waals surface area contributed by atoms with Gasteiger partial charge in [0.25, 0.3) is 5.91 Å². The Bertz CT molecular complexity index is 646. The number of nitrogens with zero attached hydrogens (tertiary/aromatic N) is 2. The maximum Gasteiger partial charge on any atom is 0.352 e. The van der Waals surface area contributed by atoms with Crippen molar-refractivity contribution in [3.63, 3.8) is 0 Å². The van der Waals surface area contributed by atoms with Crippen LogP contribution in [0.4, 0.5) is 0 Å². The van der Waals surface area contributed by atoms with Gasteiger partial charge in [0, 0.05) is 11.8 Å². The number of amides is 1. The molecule has 1 aromatic rings. The number of aliphatic carboxylic acids is 1. The van der Waals surface area contributed by atoms with Gasteiger partial charge < -0.3 is 5.11 Å². The summed E-state index contributed by atoms with van der Waals surface area (Å²) in [7, 11) is 0. The average molecular weight is 270 g/mol. The minimum Gasteiger partial charge on any atom is -0.477 e. The maximum absolute atomic E-state index is 12.2. The number of carboxylic acids is 1. The second-order valence-electron chi connectivity index (χ2n) is 5.02. The molecule has 3 rings (SSSR count). The first-order valence-corrected chi connectivity index (χ1v) is 6.49. The van der Waals surface area contributed by atoms with Crippen LogP contribution in [0.3, 0.4) is 0 Å². The van der Waals surface area contributed by atoms with Gasteiger partial charge in [-0.25, -0.2) is 4.79 Å². The Morgan fingerprint density at radius 1 is 1.50 bits per heavy atom. The van der Waals surface area contributed by atoms with Crippen LogP contribution in [-0.4, -0.2) is 32.9 Å². The highest BCUT2D eigenvalue weighted by Crippen LogP contribution is 2.40. The van der Waals surface area contributed by atoms with Gasteiger partial charge in [0.15, 0.2) is 0 Å². The van der Waals surface area contributed by atoms with E-state index in [9.17, 15) is 14.7 Å². The second kappa shape index (κ2) is 4.59. The molecule has 5 heteroatoms. The van der Waals surface area contributed by atoms with Crippen molar-refractivity contribution in [1.82, 2.24) is 9.88 Å². The van der Waals surface area contributed by atoms with Crippen molar-refractivity contribution in [1.29, 1.82) is 0 Å². The SMILES string of the molecule is CC1=C(C(=O)O)N2C(=O)/C(=C/c3ccccn3)C2CC1. The van der Waals surface area contributed by atoms with Gasteiger partial charge in [-0.1, -0.05) is 6.07 Å². The molecule has 2 aliphatic heterocycles. The lowest BCUT2D eigenvalue weighted by molar-refractivity contribution is -0.144. The van der Waals surface area contributed by atoms with Gasteiger partial charge in [0.05, 0.1) is 11.7 Å². The number of rotatable bonds is 2. The molecule has 1 N–H and O–H groups in total. The summed E-state index contributed by atoms with van der Waals surface area (Å²) >= 11 is 0. The Balaban J connectivity index is 1.94. The molecule has 0 saturated carbocycles. The zero-order chi connectivity index (χ0) is 14.3. The molecule has 1 fully saturated rings. The first-order chi connectivity index (χ1) is 9.59. The van der Waals surface area contributed by atoms with Crippen molar-refractivity contribution in [2.45, 2.75) is 25.8 Å². The number of hydrogen-bond acceptors (Lipinski definition) is 3. The second-order valence-corrected chi connectivity index (χ2v) is 5.02. The van der Waals surface area contributed by atoms with Crippen LogP contribution in [-0.2, 0) is 9.59 Å². The van der Waals surface area contributed by atoms with E-state index < -0.39 is 5.97 Å². The van der Waals surface area contributed by atoms with Crippen LogP contribution < -0.4 is 0 Å². The molecule has 1 unspecified atom stereocenters. The van der Waals surface area contributed by atoms with Crippen LogP contribution in [0.1, 0.15) is 25.5 Å². The zero-order valence-electron chi connectivity index (χ0n) is 11.0. The Hall–Kier alpha value is -2.43. The van der Waals surface area contributed by atoms with Crippen molar-refractivity contribution in [2.24, 2.45) is 0 Å². The van der Waals surface area contributed by atoms with E-state index in [0.717, 1.165) is 17.7 Å². The summed E-state index contributed by atoms with van der Waals surface area (Å²) in [4.78, 5) is 29.0. The van der Waals surface area contributed by atoms with Crippen LogP contribution in [0.25, 0.3) is 6.08 Å². The molecule has 0 bridgehead atoms. The smallest absolute Gasteiger partial charge is 0.352 e. The van der Waals surface area contributed by atoms with Gasteiger partial charge in [0.2, 0.25) is 0 Å². The van der Waals surface area contributed by atoms with E-state index in [-0.39, 0.29) is 17.6 Å².